The largest absolute Gasteiger partial charge is 0.376 e. The van der Waals surface area contributed by atoms with Crippen molar-refractivity contribution in [1.29, 1.82) is 0 Å². The van der Waals surface area contributed by atoms with Gasteiger partial charge in [-0.1, -0.05) is 26.6 Å². The Morgan fingerprint density at radius 2 is 1.64 bits per heavy atom. The van der Waals surface area contributed by atoms with Crippen molar-refractivity contribution in [2.45, 2.75) is 66.2 Å². The third kappa shape index (κ3) is 7.57. The van der Waals surface area contributed by atoms with E-state index in [9.17, 15) is 8.42 Å². The molecule has 0 rings (SSSR count). The molecule has 0 fully saturated rings. The van der Waals surface area contributed by atoms with E-state index < -0.39 is 15.6 Å². The van der Waals surface area contributed by atoms with Gasteiger partial charge in [0.1, 0.15) is 0 Å². The summed E-state index contributed by atoms with van der Waals surface area (Å²) in [5, 5.41) is 0. The molecule has 0 aliphatic carbocycles. The van der Waals surface area contributed by atoms with Crippen molar-refractivity contribution in [3.63, 3.8) is 0 Å². The Balaban J connectivity index is 5.38. The number of sulfonamides is 1. The SMILES string of the molecule is C=S(C)C[C@@H](CO[C@@H](C)C(C)(C)C)N(C(C)(C)C)S(C)(=O)=O. The summed E-state index contributed by atoms with van der Waals surface area (Å²) in [6.07, 6.45) is 3.36. The van der Waals surface area contributed by atoms with Crippen molar-refractivity contribution in [3.8, 4) is 0 Å². The van der Waals surface area contributed by atoms with Gasteiger partial charge in [-0.15, -0.1) is 0 Å². The molecule has 0 aliphatic rings. The van der Waals surface area contributed by atoms with Crippen LogP contribution in [0.5, 0.6) is 0 Å². The Bertz CT molecular complexity index is 473. The summed E-state index contributed by atoms with van der Waals surface area (Å²) in [7, 11) is -3.43. The molecule has 22 heavy (non-hydrogen) atoms. The Kier molecular flexibility index (Phi) is 7.81. The highest BCUT2D eigenvalue weighted by Gasteiger charge is 2.37. The number of ether oxygens (including phenoxy) is 1. The summed E-state index contributed by atoms with van der Waals surface area (Å²) < 4.78 is 32.2. The van der Waals surface area contributed by atoms with Gasteiger partial charge >= 0.3 is 0 Å². The van der Waals surface area contributed by atoms with Gasteiger partial charge in [0, 0.05) is 11.3 Å². The standard InChI is InChI=1S/C16H35NO3S2/c1-13(15(2,3)4)20-11-14(12-21(8)9)17(16(5,6)7)22(10,18)19/h13-14H,8,11-12H2,1-7,9-10H3/t13-,14+,21?/m0/s1. The van der Waals surface area contributed by atoms with Crippen LogP contribution in [0, 0.1) is 5.41 Å². The molecule has 134 valence electrons. The lowest BCUT2D eigenvalue weighted by Gasteiger charge is -2.40. The second-order valence-electron chi connectivity index (χ2n) is 8.17. The topological polar surface area (TPSA) is 46.6 Å². The first-order valence-electron chi connectivity index (χ1n) is 7.60. The highest BCUT2D eigenvalue weighted by molar-refractivity contribution is 8.13. The molecule has 0 aromatic carbocycles. The van der Waals surface area contributed by atoms with Crippen LogP contribution in [0.2, 0.25) is 0 Å². The summed E-state index contributed by atoms with van der Waals surface area (Å²) in [4.78, 5) is 0. The molecule has 0 radical (unpaired) electrons. The molecule has 4 nitrogen and oxygen atoms in total. The Hall–Kier alpha value is 0.0900. The van der Waals surface area contributed by atoms with E-state index in [4.69, 9.17) is 4.74 Å². The minimum absolute atomic E-state index is 0.0283. The second kappa shape index (κ2) is 7.77. The van der Waals surface area contributed by atoms with Gasteiger partial charge in [-0.25, -0.2) is 8.42 Å². The summed E-state index contributed by atoms with van der Waals surface area (Å²) in [5.41, 5.74) is -0.452. The van der Waals surface area contributed by atoms with Crippen LogP contribution in [0.4, 0.5) is 0 Å². The first-order valence-corrected chi connectivity index (χ1v) is 11.4. The molecular weight excluding hydrogens is 318 g/mol. The smallest absolute Gasteiger partial charge is 0.212 e. The van der Waals surface area contributed by atoms with Crippen LogP contribution >= 0.6 is 10.5 Å². The molecule has 0 aromatic rings. The van der Waals surface area contributed by atoms with Crippen LogP contribution in [-0.2, 0) is 14.8 Å². The van der Waals surface area contributed by atoms with E-state index in [1.165, 1.54) is 6.26 Å². The summed E-state index contributed by atoms with van der Waals surface area (Å²) >= 11 is 0. The van der Waals surface area contributed by atoms with Crippen molar-refractivity contribution < 1.29 is 13.2 Å². The summed E-state index contributed by atoms with van der Waals surface area (Å²) in [6, 6.07) is -0.189. The van der Waals surface area contributed by atoms with Gasteiger partial charge in [0.2, 0.25) is 10.0 Å². The first kappa shape index (κ1) is 22.1. The highest BCUT2D eigenvalue weighted by atomic mass is 32.2. The number of hydrogen-bond acceptors (Lipinski definition) is 3. The lowest BCUT2D eigenvalue weighted by molar-refractivity contribution is -0.0268. The molecule has 0 spiro atoms. The molecule has 6 heteroatoms. The van der Waals surface area contributed by atoms with Crippen molar-refractivity contribution in [1.82, 2.24) is 4.31 Å². The molecule has 0 bridgehead atoms. The van der Waals surface area contributed by atoms with E-state index in [-0.39, 0.29) is 28.0 Å². The Morgan fingerprint density at radius 3 is 1.91 bits per heavy atom. The molecule has 0 aliphatic heterocycles. The lowest BCUT2D eigenvalue weighted by atomic mass is 9.90. The molecule has 0 aromatic heterocycles. The second-order valence-corrected chi connectivity index (χ2v) is 11.9. The van der Waals surface area contributed by atoms with E-state index in [0.29, 0.717) is 12.4 Å². The minimum Gasteiger partial charge on any atom is -0.376 e. The minimum atomic E-state index is -3.32. The normalized spacial score (nSPS) is 18.3. The Morgan fingerprint density at radius 1 is 1.18 bits per heavy atom. The average molecular weight is 354 g/mol. The van der Waals surface area contributed by atoms with Gasteiger partial charge in [-0.3, -0.25) is 0 Å². The van der Waals surface area contributed by atoms with E-state index in [2.05, 4.69) is 26.6 Å². The van der Waals surface area contributed by atoms with Gasteiger partial charge in [0.25, 0.3) is 0 Å². The van der Waals surface area contributed by atoms with E-state index in [0.717, 1.165) is 0 Å². The Labute approximate surface area is 140 Å². The molecule has 0 N–H and O–H groups in total. The lowest BCUT2D eigenvalue weighted by Crippen LogP contribution is -2.54. The van der Waals surface area contributed by atoms with Crippen LogP contribution in [0.1, 0.15) is 48.5 Å². The number of rotatable bonds is 7. The maximum Gasteiger partial charge on any atom is 0.212 e. The molecule has 0 heterocycles. The number of nitrogens with zero attached hydrogens (tertiary/aromatic N) is 1. The molecule has 0 saturated heterocycles. The van der Waals surface area contributed by atoms with Crippen LogP contribution in [0.3, 0.4) is 0 Å². The average Bonchev–Trinajstić information content (AvgIpc) is 2.18. The monoisotopic (exact) mass is 353 g/mol. The van der Waals surface area contributed by atoms with Crippen molar-refractivity contribution in [3.05, 3.63) is 0 Å². The third-order valence-electron chi connectivity index (χ3n) is 3.59. The molecule has 0 saturated carbocycles. The van der Waals surface area contributed by atoms with Gasteiger partial charge in [-0.05, 0) is 39.4 Å². The summed E-state index contributed by atoms with van der Waals surface area (Å²) in [6.45, 7) is 14.6. The fourth-order valence-electron chi connectivity index (χ4n) is 2.33. The molecule has 1 unspecified atom stereocenters. The zero-order chi connectivity index (χ0) is 17.9. The number of hydrogen-bond donors (Lipinski definition) is 0. The van der Waals surface area contributed by atoms with Crippen LogP contribution in [-0.4, -0.2) is 61.1 Å². The fraction of sp³-hybridized carbons (Fsp3) is 0.938. The van der Waals surface area contributed by atoms with Crippen molar-refractivity contribution in [2.75, 3.05) is 24.9 Å². The van der Waals surface area contributed by atoms with Crippen LogP contribution < -0.4 is 0 Å². The zero-order valence-corrected chi connectivity index (χ0v) is 17.4. The quantitative estimate of drug-likeness (QED) is 0.660. The molecule has 3 atom stereocenters. The predicted octanol–water partition coefficient (Wildman–Crippen LogP) is 3.20. The van der Waals surface area contributed by atoms with Gasteiger partial charge < -0.3 is 4.74 Å². The van der Waals surface area contributed by atoms with E-state index in [1.54, 1.807) is 4.31 Å². The van der Waals surface area contributed by atoms with Crippen LogP contribution in [0.15, 0.2) is 0 Å². The van der Waals surface area contributed by atoms with Crippen LogP contribution in [0.25, 0.3) is 0 Å². The van der Waals surface area contributed by atoms with Crippen molar-refractivity contribution in [2.24, 2.45) is 5.41 Å². The predicted molar refractivity (Wildman–Crippen MR) is 101 cm³/mol. The maximum atomic E-state index is 12.3. The third-order valence-corrected chi connectivity index (χ3v) is 6.10. The first-order chi connectivity index (χ1) is 9.56. The zero-order valence-electron chi connectivity index (χ0n) is 15.8. The van der Waals surface area contributed by atoms with E-state index >= 15 is 0 Å². The van der Waals surface area contributed by atoms with Gasteiger partial charge in [-0.2, -0.15) is 14.8 Å². The van der Waals surface area contributed by atoms with E-state index in [1.807, 2.05) is 34.0 Å². The maximum absolute atomic E-state index is 12.3. The van der Waals surface area contributed by atoms with Gasteiger partial charge in [0.05, 0.1) is 25.0 Å². The fourth-order valence-corrected chi connectivity index (χ4v) is 5.00. The molecular formula is C16H35NO3S2. The van der Waals surface area contributed by atoms with Gasteiger partial charge in [0.15, 0.2) is 0 Å². The molecule has 0 amide bonds. The summed E-state index contributed by atoms with van der Waals surface area (Å²) in [5.74, 6) is 4.76. The highest BCUT2D eigenvalue weighted by Crippen LogP contribution is 2.27. The van der Waals surface area contributed by atoms with Crippen molar-refractivity contribution >= 4 is 26.4 Å².